The van der Waals surface area contributed by atoms with Crippen LogP contribution in [0.2, 0.25) is 0 Å². The predicted molar refractivity (Wildman–Crippen MR) is 138 cm³/mol. The van der Waals surface area contributed by atoms with Crippen molar-refractivity contribution in [3.8, 4) is 23.4 Å². The number of nitrogens with two attached hydrogens (primary N) is 1. The highest BCUT2D eigenvalue weighted by atomic mass is 19.1. The summed E-state index contributed by atoms with van der Waals surface area (Å²) in [6.45, 7) is 3.17. The summed E-state index contributed by atoms with van der Waals surface area (Å²) in [6.07, 6.45) is 1.44. The maximum Gasteiger partial charge on any atom is 0.414 e. The summed E-state index contributed by atoms with van der Waals surface area (Å²) in [4.78, 5) is 18.2. The lowest BCUT2D eigenvalue weighted by Crippen LogP contribution is -2.16. The zero-order valence-corrected chi connectivity index (χ0v) is 20.9. The lowest BCUT2D eigenvalue weighted by atomic mass is 10.1. The third-order valence-corrected chi connectivity index (χ3v) is 5.41. The highest BCUT2D eigenvalue weighted by Crippen LogP contribution is 2.30. The number of carboxylic acids is 2. The molecule has 6 N–H and O–H groups in total. The molecular weight excluding hydrogens is 509 g/mol. The Labute approximate surface area is 222 Å². The standard InChI is InChI=1S/C24H24FN7O.C2H2O4/c1-16-21(15-28-13-5-8-22-20(14-26)23(27)30-29-22)24(33-19-11-9-17(25)10-12-19)32(31-16)18-6-3-2-4-7-18;3-1(4)2(5)6/h2-4,6-7,9-12,28H,5,8,13,15H2,1H3,(H3,27,29,30);(H,3,4)(H,5,6). The number of nitrogens with zero attached hydrogens (tertiary/aromatic N) is 4. The van der Waals surface area contributed by atoms with Crippen LogP contribution in [-0.2, 0) is 22.6 Å². The first-order valence-corrected chi connectivity index (χ1v) is 11.7. The molecule has 0 radical (unpaired) electrons. The normalized spacial score (nSPS) is 10.3. The van der Waals surface area contributed by atoms with Gasteiger partial charge in [0.15, 0.2) is 5.82 Å². The number of H-pyrrole nitrogens is 1. The molecule has 2 heterocycles. The average Bonchev–Trinajstić information content (AvgIpc) is 3.44. The molecule has 13 heteroatoms. The van der Waals surface area contributed by atoms with Crippen LogP contribution in [0, 0.1) is 24.1 Å². The number of carboxylic acid groups (broad SMARTS) is 2. The number of nitriles is 1. The van der Waals surface area contributed by atoms with Gasteiger partial charge in [-0.15, -0.1) is 0 Å². The molecule has 4 aromatic rings. The Bertz CT molecular complexity index is 1450. The molecule has 0 atom stereocenters. The van der Waals surface area contributed by atoms with Gasteiger partial charge in [-0.25, -0.2) is 18.7 Å². The number of nitrogens with one attached hydrogen (secondary N) is 2. The van der Waals surface area contributed by atoms with Crippen LogP contribution < -0.4 is 15.8 Å². The summed E-state index contributed by atoms with van der Waals surface area (Å²) in [7, 11) is 0. The van der Waals surface area contributed by atoms with Gasteiger partial charge in [-0.3, -0.25) is 5.10 Å². The Kier molecular flexibility index (Phi) is 9.71. The van der Waals surface area contributed by atoms with Crippen LogP contribution in [0.1, 0.15) is 28.9 Å². The van der Waals surface area contributed by atoms with E-state index in [0.717, 1.165) is 29.1 Å². The van der Waals surface area contributed by atoms with Crippen molar-refractivity contribution in [2.24, 2.45) is 0 Å². The lowest BCUT2D eigenvalue weighted by molar-refractivity contribution is -0.159. The number of anilines is 1. The van der Waals surface area contributed by atoms with Crippen molar-refractivity contribution >= 4 is 17.8 Å². The second-order valence-corrected chi connectivity index (χ2v) is 8.14. The number of aryl methyl sites for hydroxylation is 2. The summed E-state index contributed by atoms with van der Waals surface area (Å²) in [5, 5.41) is 38.8. The van der Waals surface area contributed by atoms with Crippen LogP contribution in [0.4, 0.5) is 10.2 Å². The highest BCUT2D eigenvalue weighted by molar-refractivity contribution is 6.27. The minimum Gasteiger partial charge on any atom is -0.473 e. The van der Waals surface area contributed by atoms with Crippen molar-refractivity contribution in [2.75, 3.05) is 12.3 Å². The number of rotatable bonds is 9. The molecule has 2 aromatic carbocycles. The molecule has 4 rings (SSSR count). The van der Waals surface area contributed by atoms with E-state index in [-0.39, 0.29) is 11.6 Å². The fourth-order valence-electron chi connectivity index (χ4n) is 3.51. The van der Waals surface area contributed by atoms with Crippen LogP contribution >= 0.6 is 0 Å². The number of aromatic nitrogens is 4. The molecule has 0 bridgehead atoms. The highest BCUT2D eigenvalue weighted by Gasteiger charge is 2.19. The molecule has 0 aliphatic heterocycles. The topological polar surface area (TPSA) is 192 Å². The second kappa shape index (κ2) is 13.4. The van der Waals surface area contributed by atoms with Crippen LogP contribution in [0.3, 0.4) is 0 Å². The fraction of sp³-hybridized carbons (Fsp3) is 0.192. The Morgan fingerprint density at radius 3 is 2.44 bits per heavy atom. The molecular formula is C26H26FN7O5. The van der Waals surface area contributed by atoms with E-state index in [2.05, 4.69) is 26.7 Å². The number of halogens is 1. The van der Waals surface area contributed by atoms with Crippen molar-refractivity contribution in [2.45, 2.75) is 26.3 Å². The first kappa shape index (κ1) is 28.4. The first-order chi connectivity index (χ1) is 18.7. The van der Waals surface area contributed by atoms with Gasteiger partial charge >= 0.3 is 11.9 Å². The molecule has 0 fully saturated rings. The summed E-state index contributed by atoms with van der Waals surface area (Å²) in [5.74, 6) is -2.64. The average molecular weight is 536 g/mol. The number of ether oxygens (including phenoxy) is 1. The predicted octanol–water partition coefficient (Wildman–Crippen LogP) is 3.17. The van der Waals surface area contributed by atoms with E-state index in [1.54, 1.807) is 16.8 Å². The van der Waals surface area contributed by atoms with Gasteiger partial charge in [-0.2, -0.15) is 15.5 Å². The van der Waals surface area contributed by atoms with Crippen LogP contribution in [0.15, 0.2) is 54.6 Å². The number of aliphatic carboxylic acids is 2. The number of para-hydroxylation sites is 1. The molecule has 202 valence electrons. The Hall–Kier alpha value is -5.22. The third kappa shape index (κ3) is 7.63. The number of benzene rings is 2. The van der Waals surface area contributed by atoms with Gasteiger partial charge < -0.3 is 26.0 Å². The van der Waals surface area contributed by atoms with Crippen LogP contribution in [-0.4, -0.2) is 48.7 Å². The molecule has 12 nitrogen and oxygen atoms in total. The molecule has 0 saturated heterocycles. The molecule has 0 unspecified atom stereocenters. The van der Waals surface area contributed by atoms with Crippen molar-refractivity contribution < 1.29 is 28.9 Å². The van der Waals surface area contributed by atoms with Crippen molar-refractivity contribution in [3.05, 3.63) is 82.9 Å². The quantitative estimate of drug-likeness (QED) is 0.157. The number of hydrogen-bond acceptors (Lipinski definition) is 8. The Morgan fingerprint density at radius 2 is 1.82 bits per heavy atom. The van der Waals surface area contributed by atoms with Gasteiger partial charge in [-0.1, -0.05) is 18.2 Å². The minimum absolute atomic E-state index is 0.229. The maximum atomic E-state index is 13.3. The Balaban J connectivity index is 0.000000631. The van der Waals surface area contributed by atoms with Gasteiger partial charge in [0.1, 0.15) is 23.2 Å². The molecule has 0 spiro atoms. The molecule has 0 saturated carbocycles. The van der Waals surface area contributed by atoms with Crippen LogP contribution in [0.25, 0.3) is 5.69 Å². The minimum atomic E-state index is -1.82. The first-order valence-electron chi connectivity index (χ1n) is 11.7. The summed E-state index contributed by atoms with van der Waals surface area (Å²) in [5.41, 5.74) is 9.44. The van der Waals surface area contributed by atoms with E-state index in [9.17, 15) is 9.65 Å². The zero-order valence-electron chi connectivity index (χ0n) is 20.9. The van der Waals surface area contributed by atoms with E-state index >= 15 is 0 Å². The summed E-state index contributed by atoms with van der Waals surface area (Å²) < 4.78 is 21.3. The lowest BCUT2D eigenvalue weighted by Gasteiger charge is -2.12. The Morgan fingerprint density at radius 1 is 1.15 bits per heavy atom. The number of carbonyl (C=O) groups is 2. The van der Waals surface area contributed by atoms with Gasteiger partial charge in [-0.05, 0) is 62.7 Å². The zero-order chi connectivity index (χ0) is 28.4. The number of aromatic amines is 1. The molecule has 39 heavy (non-hydrogen) atoms. The molecule has 2 aromatic heterocycles. The molecule has 0 aliphatic carbocycles. The van der Waals surface area contributed by atoms with Gasteiger partial charge in [0, 0.05) is 6.54 Å². The van der Waals surface area contributed by atoms with Crippen molar-refractivity contribution in [1.29, 1.82) is 5.26 Å². The number of hydrogen-bond donors (Lipinski definition) is 5. The number of nitrogen functional groups attached to an aromatic ring is 1. The largest absolute Gasteiger partial charge is 0.473 e. The van der Waals surface area contributed by atoms with E-state index in [1.165, 1.54) is 12.1 Å². The van der Waals surface area contributed by atoms with Gasteiger partial charge in [0.05, 0.1) is 22.6 Å². The van der Waals surface area contributed by atoms with E-state index < -0.39 is 11.9 Å². The maximum absolute atomic E-state index is 13.3. The summed E-state index contributed by atoms with van der Waals surface area (Å²) in [6, 6.07) is 17.7. The van der Waals surface area contributed by atoms with E-state index in [0.29, 0.717) is 36.7 Å². The molecule has 0 aliphatic rings. The SMILES string of the molecule is Cc1nn(-c2ccccc2)c(Oc2ccc(F)cc2)c1CNCCCc1[nH]nc(N)c1C#N.O=C(O)C(=O)O. The van der Waals surface area contributed by atoms with E-state index in [1.807, 2.05) is 37.3 Å². The third-order valence-electron chi connectivity index (χ3n) is 5.41. The molecule has 0 amide bonds. The smallest absolute Gasteiger partial charge is 0.414 e. The van der Waals surface area contributed by atoms with Gasteiger partial charge in [0.2, 0.25) is 5.88 Å². The van der Waals surface area contributed by atoms with Crippen molar-refractivity contribution in [1.82, 2.24) is 25.3 Å². The fourth-order valence-corrected chi connectivity index (χ4v) is 3.51. The van der Waals surface area contributed by atoms with Crippen molar-refractivity contribution in [3.63, 3.8) is 0 Å². The van der Waals surface area contributed by atoms with Gasteiger partial charge in [0.25, 0.3) is 0 Å². The summed E-state index contributed by atoms with van der Waals surface area (Å²) >= 11 is 0. The van der Waals surface area contributed by atoms with Crippen LogP contribution in [0.5, 0.6) is 11.6 Å². The second-order valence-electron chi connectivity index (χ2n) is 8.14. The monoisotopic (exact) mass is 535 g/mol. The van der Waals surface area contributed by atoms with E-state index in [4.69, 9.17) is 30.3 Å².